The molecule has 2 unspecified atom stereocenters. The van der Waals surface area contributed by atoms with Gasteiger partial charge in [0.1, 0.15) is 0 Å². The van der Waals surface area contributed by atoms with Gasteiger partial charge in [-0.3, -0.25) is 0 Å². The van der Waals surface area contributed by atoms with E-state index >= 15 is 0 Å². The molecule has 96 valence electrons. The Balaban J connectivity index is 2.05. The van der Waals surface area contributed by atoms with Gasteiger partial charge in [-0.05, 0) is 30.5 Å². The van der Waals surface area contributed by atoms with Crippen LogP contribution in [0.5, 0.6) is 0 Å². The second kappa shape index (κ2) is 6.03. The van der Waals surface area contributed by atoms with Gasteiger partial charge in [0, 0.05) is 29.5 Å². The molecule has 4 heteroatoms. The fourth-order valence-electron chi connectivity index (χ4n) is 2.12. The van der Waals surface area contributed by atoms with Crippen LogP contribution < -0.4 is 5.73 Å². The second-order valence-corrected chi connectivity index (χ2v) is 4.90. The van der Waals surface area contributed by atoms with Gasteiger partial charge in [-0.25, -0.2) is 4.98 Å². The maximum atomic E-state index is 6.25. The Bertz CT molecular complexity index is 464. The molecule has 0 aliphatic rings. The lowest BCUT2D eigenvalue weighted by molar-refractivity contribution is 0.414. The number of nitrogens with zero attached hydrogens (tertiary/aromatic N) is 2. The Morgan fingerprint density at radius 1 is 1.33 bits per heavy atom. The summed E-state index contributed by atoms with van der Waals surface area (Å²) in [5.41, 5.74) is 7.37. The van der Waals surface area contributed by atoms with E-state index in [1.807, 2.05) is 36.8 Å². The van der Waals surface area contributed by atoms with Gasteiger partial charge in [-0.15, -0.1) is 0 Å². The van der Waals surface area contributed by atoms with E-state index in [2.05, 4.69) is 16.5 Å². The Labute approximate surface area is 113 Å². The Hall–Kier alpha value is -1.32. The van der Waals surface area contributed by atoms with Crippen molar-refractivity contribution < 1.29 is 0 Å². The number of rotatable bonds is 5. The number of halogens is 1. The largest absolute Gasteiger partial charge is 0.334 e. The molecule has 18 heavy (non-hydrogen) atoms. The zero-order valence-electron chi connectivity index (χ0n) is 10.5. The topological polar surface area (TPSA) is 43.8 Å². The summed E-state index contributed by atoms with van der Waals surface area (Å²) >= 11 is 5.88. The zero-order chi connectivity index (χ0) is 13.0. The predicted molar refractivity (Wildman–Crippen MR) is 74.6 cm³/mol. The van der Waals surface area contributed by atoms with Gasteiger partial charge < -0.3 is 10.3 Å². The lowest BCUT2D eigenvalue weighted by Gasteiger charge is -2.21. The minimum Gasteiger partial charge on any atom is -0.334 e. The number of hydrogen-bond acceptors (Lipinski definition) is 2. The van der Waals surface area contributed by atoms with Crippen LogP contribution in [0.4, 0.5) is 0 Å². The average Bonchev–Trinajstić information content (AvgIpc) is 2.90. The van der Waals surface area contributed by atoms with Gasteiger partial charge >= 0.3 is 0 Å². The monoisotopic (exact) mass is 263 g/mol. The van der Waals surface area contributed by atoms with Crippen LogP contribution >= 0.6 is 11.6 Å². The van der Waals surface area contributed by atoms with Crippen LogP contribution in [0.2, 0.25) is 5.02 Å². The first-order valence-electron chi connectivity index (χ1n) is 6.19. The summed E-state index contributed by atoms with van der Waals surface area (Å²) in [6.07, 6.45) is 7.58. The normalized spacial score (nSPS) is 14.4. The van der Waals surface area contributed by atoms with Gasteiger partial charge in [0.15, 0.2) is 0 Å². The third kappa shape index (κ3) is 3.12. The first-order valence-corrected chi connectivity index (χ1v) is 6.57. The van der Waals surface area contributed by atoms with Crippen LogP contribution in [0, 0.1) is 0 Å². The lowest BCUT2D eigenvalue weighted by Crippen LogP contribution is -2.17. The number of nitrogens with two attached hydrogens (primary N) is 1. The number of aromatic nitrogens is 2. The van der Waals surface area contributed by atoms with E-state index in [0.717, 1.165) is 23.4 Å². The summed E-state index contributed by atoms with van der Waals surface area (Å²) in [6, 6.07) is 8.17. The molecule has 1 aromatic heterocycles. The van der Waals surface area contributed by atoms with Gasteiger partial charge in [0.25, 0.3) is 0 Å². The SMILES string of the molecule is CCC(CC(N)c1ccc(Cl)cc1)n1ccnc1. The molecule has 0 bridgehead atoms. The summed E-state index contributed by atoms with van der Waals surface area (Å²) in [5.74, 6) is 0. The van der Waals surface area contributed by atoms with Crippen molar-refractivity contribution in [3.05, 3.63) is 53.6 Å². The minimum atomic E-state index is 0.0228. The zero-order valence-corrected chi connectivity index (χ0v) is 11.2. The molecule has 0 saturated heterocycles. The van der Waals surface area contributed by atoms with Crippen molar-refractivity contribution in [1.29, 1.82) is 0 Å². The highest BCUT2D eigenvalue weighted by Crippen LogP contribution is 2.25. The van der Waals surface area contributed by atoms with E-state index in [1.165, 1.54) is 0 Å². The summed E-state index contributed by atoms with van der Waals surface area (Å²) in [7, 11) is 0. The Morgan fingerprint density at radius 3 is 2.61 bits per heavy atom. The second-order valence-electron chi connectivity index (χ2n) is 4.47. The van der Waals surface area contributed by atoms with Crippen molar-refractivity contribution in [2.75, 3.05) is 0 Å². The molecule has 0 aliphatic carbocycles. The van der Waals surface area contributed by atoms with Crippen molar-refractivity contribution in [1.82, 2.24) is 9.55 Å². The minimum absolute atomic E-state index is 0.0228. The van der Waals surface area contributed by atoms with Gasteiger partial charge in [-0.1, -0.05) is 30.7 Å². The number of hydrogen-bond donors (Lipinski definition) is 1. The molecule has 0 fully saturated rings. The third-order valence-corrected chi connectivity index (χ3v) is 3.49. The Morgan fingerprint density at radius 2 is 2.06 bits per heavy atom. The molecule has 0 amide bonds. The summed E-state index contributed by atoms with van der Waals surface area (Å²) < 4.78 is 2.12. The van der Waals surface area contributed by atoms with Crippen LogP contribution in [0.15, 0.2) is 43.0 Å². The third-order valence-electron chi connectivity index (χ3n) is 3.24. The molecule has 1 aromatic carbocycles. The van der Waals surface area contributed by atoms with Crippen LogP contribution in [0.25, 0.3) is 0 Å². The molecule has 0 radical (unpaired) electrons. The average molecular weight is 264 g/mol. The van der Waals surface area contributed by atoms with E-state index in [-0.39, 0.29) is 6.04 Å². The van der Waals surface area contributed by atoms with E-state index < -0.39 is 0 Å². The van der Waals surface area contributed by atoms with Gasteiger partial charge in [-0.2, -0.15) is 0 Å². The molecule has 2 rings (SSSR count). The fourth-order valence-corrected chi connectivity index (χ4v) is 2.25. The maximum Gasteiger partial charge on any atom is 0.0948 e. The molecule has 2 aromatic rings. The smallest absolute Gasteiger partial charge is 0.0948 e. The van der Waals surface area contributed by atoms with Crippen molar-refractivity contribution >= 4 is 11.6 Å². The molecule has 0 saturated carbocycles. The quantitative estimate of drug-likeness (QED) is 0.896. The van der Waals surface area contributed by atoms with Gasteiger partial charge in [0.2, 0.25) is 0 Å². The highest BCUT2D eigenvalue weighted by molar-refractivity contribution is 6.30. The molecular weight excluding hydrogens is 246 g/mol. The first kappa shape index (κ1) is 13.1. The standard InChI is InChI=1S/C14H18ClN3/c1-2-13(18-8-7-17-10-18)9-14(16)11-3-5-12(15)6-4-11/h3-8,10,13-14H,2,9,16H2,1H3. The maximum absolute atomic E-state index is 6.25. The summed E-state index contributed by atoms with van der Waals surface area (Å²) in [6.45, 7) is 2.17. The Kier molecular flexibility index (Phi) is 4.39. The van der Waals surface area contributed by atoms with Crippen molar-refractivity contribution in [3.63, 3.8) is 0 Å². The molecule has 3 nitrogen and oxygen atoms in total. The van der Waals surface area contributed by atoms with Crippen LogP contribution in [-0.4, -0.2) is 9.55 Å². The highest BCUT2D eigenvalue weighted by Gasteiger charge is 2.14. The highest BCUT2D eigenvalue weighted by atomic mass is 35.5. The van der Waals surface area contributed by atoms with E-state index in [4.69, 9.17) is 17.3 Å². The predicted octanol–water partition coefficient (Wildman–Crippen LogP) is 3.58. The first-order chi connectivity index (χ1) is 8.70. The van der Waals surface area contributed by atoms with Crippen LogP contribution in [0.1, 0.15) is 37.4 Å². The number of benzene rings is 1. The lowest BCUT2D eigenvalue weighted by atomic mass is 9.99. The van der Waals surface area contributed by atoms with Crippen LogP contribution in [-0.2, 0) is 0 Å². The fraction of sp³-hybridized carbons (Fsp3) is 0.357. The molecule has 1 heterocycles. The van der Waals surface area contributed by atoms with Crippen molar-refractivity contribution in [3.8, 4) is 0 Å². The molecule has 2 atom stereocenters. The van der Waals surface area contributed by atoms with Gasteiger partial charge in [0.05, 0.1) is 6.33 Å². The van der Waals surface area contributed by atoms with Crippen molar-refractivity contribution in [2.24, 2.45) is 5.73 Å². The summed E-state index contributed by atoms with van der Waals surface area (Å²) in [5, 5.41) is 0.743. The van der Waals surface area contributed by atoms with E-state index in [1.54, 1.807) is 6.20 Å². The van der Waals surface area contributed by atoms with E-state index in [9.17, 15) is 0 Å². The molecule has 0 aliphatic heterocycles. The number of imidazole rings is 1. The molecule has 2 N–H and O–H groups in total. The summed E-state index contributed by atoms with van der Waals surface area (Å²) in [4.78, 5) is 4.09. The van der Waals surface area contributed by atoms with E-state index in [0.29, 0.717) is 6.04 Å². The van der Waals surface area contributed by atoms with Crippen LogP contribution in [0.3, 0.4) is 0 Å². The molecule has 0 spiro atoms. The molecular formula is C14H18ClN3. The van der Waals surface area contributed by atoms with Crippen molar-refractivity contribution in [2.45, 2.75) is 31.8 Å².